The van der Waals surface area contributed by atoms with Gasteiger partial charge < -0.3 is 15.3 Å². The molecule has 0 amide bonds. The molecule has 2 heterocycles. The molecule has 5 heteroatoms. The van der Waals surface area contributed by atoms with Crippen LogP contribution < -0.4 is 5.73 Å². The molecular weight excluding hydrogens is 182 g/mol. The molecule has 0 aliphatic carbocycles. The van der Waals surface area contributed by atoms with E-state index in [1.54, 1.807) is 6.20 Å². The molecule has 3 N–H and O–H groups in total. The lowest BCUT2D eigenvalue weighted by Crippen LogP contribution is -2.26. The summed E-state index contributed by atoms with van der Waals surface area (Å²) in [5.74, 6) is 0.753. The van der Waals surface area contributed by atoms with E-state index in [0.717, 1.165) is 12.2 Å². The van der Waals surface area contributed by atoms with Crippen molar-refractivity contribution in [1.82, 2.24) is 9.88 Å². The first-order valence-corrected chi connectivity index (χ1v) is 4.77. The zero-order chi connectivity index (χ0) is 10.1. The van der Waals surface area contributed by atoms with E-state index in [2.05, 4.69) is 16.8 Å². The normalized spacial score (nSPS) is 28.4. The zero-order valence-corrected chi connectivity index (χ0v) is 8.18. The van der Waals surface area contributed by atoms with Crippen LogP contribution in [-0.2, 0) is 6.54 Å². The average Bonchev–Trinajstić information content (AvgIpc) is 2.61. The molecule has 0 saturated carbocycles. The molecule has 0 radical (unpaired) electrons. The van der Waals surface area contributed by atoms with Crippen molar-refractivity contribution in [2.45, 2.75) is 32.0 Å². The van der Waals surface area contributed by atoms with Crippen LogP contribution >= 0.6 is 0 Å². The number of anilines is 1. The van der Waals surface area contributed by atoms with Gasteiger partial charge in [0.1, 0.15) is 5.76 Å². The van der Waals surface area contributed by atoms with Gasteiger partial charge in [-0.15, -0.1) is 0 Å². The predicted octanol–water partition coefficient (Wildman–Crippen LogP) is 0.212. The van der Waals surface area contributed by atoms with E-state index >= 15 is 0 Å². The molecule has 2 atom stereocenters. The molecule has 1 saturated heterocycles. The third-order valence-corrected chi connectivity index (χ3v) is 2.61. The summed E-state index contributed by atoms with van der Waals surface area (Å²) in [5.41, 5.74) is 5.37. The summed E-state index contributed by atoms with van der Waals surface area (Å²) in [4.78, 5) is 5.98. The summed E-state index contributed by atoms with van der Waals surface area (Å²) in [6.07, 6.45) is 2.24. The Kier molecular flexibility index (Phi) is 2.43. The molecule has 78 valence electrons. The maximum Gasteiger partial charge on any atom is 0.292 e. The second-order valence-electron chi connectivity index (χ2n) is 3.83. The first-order valence-electron chi connectivity index (χ1n) is 4.77. The van der Waals surface area contributed by atoms with E-state index in [0.29, 0.717) is 19.1 Å². The highest BCUT2D eigenvalue weighted by Gasteiger charge is 2.27. The lowest BCUT2D eigenvalue weighted by Gasteiger charge is -2.18. The number of rotatable bonds is 2. The second-order valence-corrected chi connectivity index (χ2v) is 3.83. The fourth-order valence-corrected chi connectivity index (χ4v) is 1.88. The molecule has 1 aliphatic rings. The molecule has 1 aliphatic heterocycles. The van der Waals surface area contributed by atoms with Gasteiger partial charge >= 0.3 is 0 Å². The molecule has 1 aromatic heterocycles. The van der Waals surface area contributed by atoms with Gasteiger partial charge in [0.2, 0.25) is 0 Å². The fourth-order valence-electron chi connectivity index (χ4n) is 1.88. The summed E-state index contributed by atoms with van der Waals surface area (Å²) in [6.45, 7) is 3.46. The van der Waals surface area contributed by atoms with Gasteiger partial charge in [0, 0.05) is 12.6 Å². The highest BCUT2D eigenvalue weighted by Crippen LogP contribution is 2.20. The molecule has 2 unspecified atom stereocenters. The smallest absolute Gasteiger partial charge is 0.292 e. The van der Waals surface area contributed by atoms with E-state index in [-0.39, 0.29) is 12.1 Å². The van der Waals surface area contributed by atoms with Gasteiger partial charge in [-0.05, 0) is 13.3 Å². The van der Waals surface area contributed by atoms with Crippen LogP contribution in [0.4, 0.5) is 6.01 Å². The van der Waals surface area contributed by atoms with Gasteiger partial charge in [-0.3, -0.25) is 4.90 Å². The van der Waals surface area contributed by atoms with Crippen molar-refractivity contribution in [2.75, 3.05) is 12.3 Å². The van der Waals surface area contributed by atoms with Crippen LogP contribution in [0.1, 0.15) is 19.1 Å². The maximum absolute atomic E-state index is 9.44. The number of aliphatic hydroxyl groups is 1. The fraction of sp³-hybridized carbons (Fsp3) is 0.667. The largest absolute Gasteiger partial charge is 0.428 e. The number of likely N-dealkylation sites (tertiary alicyclic amines) is 1. The summed E-state index contributed by atoms with van der Waals surface area (Å²) in [5, 5.41) is 9.44. The molecular formula is C9H15N3O2. The first kappa shape index (κ1) is 9.48. The average molecular weight is 197 g/mol. The van der Waals surface area contributed by atoms with E-state index in [9.17, 15) is 5.11 Å². The van der Waals surface area contributed by atoms with Crippen molar-refractivity contribution in [1.29, 1.82) is 0 Å². The maximum atomic E-state index is 9.44. The molecule has 0 bridgehead atoms. The second kappa shape index (κ2) is 3.59. The quantitative estimate of drug-likeness (QED) is 0.709. The van der Waals surface area contributed by atoms with E-state index < -0.39 is 0 Å². The van der Waals surface area contributed by atoms with Crippen LogP contribution in [-0.4, -0.2) is 33.7 Å². The Morgan fingerprint density at radius 3 is 3.07 bits per heavy atom. The predicted molar refractivity (Wildman–Crippen MR) is 51.4 cm³/mol. The van der Waals surface area contributed by atoms with Crippen molar-refractivity contribution in [3.05, 3.63) is 12.0 Å². The summed E-state index contributed by atoms with van der Waals surface area (Å²) >= 11 is 0. The van der Waals surface area contributed by atoms with Crippen molar-refractivity contribution in [3.63, 3.8) is 0 Å². The molecule has 14 heavy (non-hydrogen) atoms. The van der Waals surface area contributed by atoms with Crippen LogP contribution in [0.15, 0.2) is 10.6 Å². The van der Waals surface area contributed by atoms with Crippen molar-refractivity contribution in [3.8, 4) is 0 Å². The molecule has 0 spiro atoms. The minimum atomic E-state index is -0.217. The number of nitrogens with zero attached hydrogens (tertiary/aromatic N) is 2. The van der Waals surface area contributed by atoms with Crippen LogP contribution in [0.25, 0.3) is 0 Å². The molecule has 5 nitrogen and oxygen atoms in total. The zero-order valence-electron chi connectivity index (χ0n) is 8.18. The molecule has 1 fully saturated rings. The van der Waals surface area contributed by atoms with Crippen LogP contribution in [0.3, 0.4) is 0 Å². The van der Waals surface area contributed by atoms with E-state index in [1.165, 1.54) is 0 Å². The van der Waals surface area contributed by atoms with Gasteiger partial charge in [0.15, 0.2) is 0 Å². The number of hydrogen-bond acceptors (Lipinski definition) is 5. The topological polar surface area (TPSA) is 75.5 Å². The molecule has 2 rings (SSSR count). The van der Waals surface area contributed by atoms with Crippen LogP contribution in [0.2, 0.25) is 0 Å². The highest BCUT2D eigenvalue weighted by atomic mass is 16.4. The third-order valence-electron chi connectivity index (χ3n) is 2.61. The number of nitrogen functional groups attached to an aromatic ring is 1. The SMILES string of the molecule is CC1CC(O)CN1Cc1cnc(N)o1. The Balaban J connectivity index is 1.98. The standard InChI is InChI=1S/C9H15N3O2/c1-6-2-7(13)4-12(6)5-8-3-11-9(10)14-8/h3,6-7,13H,2,4-5H2,1H3,(H2,10,11). The third kappa shape index (κ3) is 1.88. The molecule has 0 aromatic carbocycles. The molecule has 1 aromatic rings. The Bertz CT molecular complexity index is 313. The lowest BCUT2D eigenvalue weighted by atomic mass is 10.2. The first-order chi connectivity index (χ1) is 6.65. The number of oxazole rings is 1. The van der Waals surface area contributed by atoms with Gasteiger partial charge in [-0.25, -0.2) is 4.98 Å². The summed E-state index contributed by atoms with van der Waals surface area (Å²) in [7, 11) is 0. The minimum absolute atomic E-state index is 0.201. The Labute approximate surface area is 82.5 Å². The number of β-amino-alcohol motifs (C(OH)–C–C–N with tert-alkyl or cyclic N) is 1. The van der Waals surface area contributed by atoms with Crippen LogP contribution in [0.5, 0.6) is 0 Å². The van der Waals surface area contributed by atoms with Gasteiger partial charge in [-0.1, -0.05) is 0 Å². The van der Waals surface area contributed by atoms with Crippen molar-refractivity contribution >= 4 is 6.01 Å². The highest BCUT2D eigenvalue weighted by molar-refractivity contribution is 5.11. The Morgan fingerprint density at radius 2 is 2.57 bits per heavy atom. The number of aromatic nitrogens is 1. The van der Waals surface area contributed by atoms with Crippen molar-refractivity contribution in [2.24, 2.45) is 0 Å². The van der Waals surface area contributed by atoms with E-state index in [1.807, 2.05) is 0 Å². The number of aliphatic hydroxyl groups excluding tert-OH is 1. The lowest BCUT2D eigenvalue weighted by molar-refractivity contribution is 0.169. The van der Waals surface area contributed by atoms with Crippen LogP contribution in [0, 0.1) is 0 Å². The monoisotopic (exact) mass is 197 g/mol. The number of hydrogen-bond donors (Lipinski definition) is 2. The van der Waals surface area contributed by atoms with Crippen molar-refractivity contribution < 1.29 is 9.52 Å². The Hall–Kier alpha value is -1.07. The van der Waals surface area contributed by atoms with E-state index in [4.69, 9.17) is 10.2 Å². The Morgan fingerprint density at radius 1 is 1.79 bits per heavy atom. The summed E-state index contributed by atoms with van der Waals surface area (Å²) < 4.78 is 5.17. The van der Waals surface area contributed by atoms with Gasteiger partial charge in [-0.2, -0.15) is 0 Å². The summed E-state index contributed by atoms with van der Waals surface area (Å²) in [6, 6.07) is 0.587. The van der Waals surface area contributed by atoms with Gasteiger partial charge in [0.25, 0.3) is 6.01 Å². The number of nitrogens with two attached hydrogens (primary N) is 1. The van der Waals surface area contributed by atoms with Gasteiger partial charge in [0.05, 0.1) is 18.8 Å². The minimum Gasteiger partial charge on any atom is -0.428 e.